The monoisotopic (exact) mass is 292 g/mol. The summed E-state index contributed by atoms with van der Waals surface area (Å²) < 4.78 is 11.2. The second kappa shape index (κ2) is 8.90. The van der Waals surface area contributed by atoms with Crippen molar-refractivity contribution in [3.8, 4) is 11.5 Å². The highest BCUT2D eigenvalue weighted by molar-refractivity contribution is 5.39. The first kappa shape index (κ1) is 16.1. The third-order valence-corrected chi connectivity index (χ3v) is 3.93. The molecule has 0 aliphatic carbocycles. The first-order chi connectivity index (χ1) is 10.3. The molecule has 0 aromatic heterocycles. The van der Waals surface area contributed by atoms with Gasteiger partial charge in [-0.3, -0.25) is 4.90 Å². The van der Waals surface area contributed by atoms with Gasteiger partial charge in [-0.05, 0) is 38.1 Å². The number of hydrogen-bond donors (Lipinski definition) is 1. The third-order valence-electron chi connectivity index (χ3n) is 3.93. The Balaban J connectivity index is 1.79. The number of nitrogens with one attached hydrogen (secondary N) is 1. The first-order valence-corrected chi connectivity index (χ1v) is 8.05. The van der Waals surface area contributed by atoms with Crippen LogP contribution < -0.4 is 14.8 Å². The summed E-state index contributed by atoms with van der Waals surface area (Å²) in [5, 5.41) is 3.64. The standard InChI is InChI=1S/C17H28N2O2/c1-3-7-15-14-19(11-6-10-18-15)12-13-21-17-9-5-4-8-16(17)20-2/h4-5,8-9,15,18H,3,6-7,10-14H2,1-2H3. The number of rotatable bonds is 7. The zero-order chi connectivity index (χ0) is 14.9. The van der Waals surface area contributed by atoms with Crippen molar-refractivity contribution in [3.63, 3.8) is 0 Å². The van der Waals surface area contributed by atoms with Crippen LogP contribution in [0, 0.1) is 0 Å². The summed E-state index contributed by atoms with van der Waals surface area (Å²) in [5.41, 5.74) is 0. The number of benzene rings is 1. The number of hydrogen-bond acceptors (Lipinski definition) is 4. The smallest absolute Gasteiger partial charge is 0.161 e. The van der Waals surface area contributed by atoms with Crippen LogP contribution >= 0.6 is 0 Å². The molecule has 1 fully saturated rings. The van der Waals surface area contributed by atoms with Crippen LogP contribution in [-0.4, -0.2) is 50.8 Å². The van der Waals surface area contributed by atoms with E-state index in [1.807, 2.05) is 24.3 Å². The number of para-hydroxylation sites is 2. The molecule has 1 aliphatic rings. The van der Waals surface area contributed by atoms with E-state index in [4.69, 9.17) is 9.47 Å². The van der Waals surface area contributed by atoms with E-state index in [1.54, 1.807) is 7.11 Å². The van der Waals surface area contributed by atoms with Crippen molar-refractivity contribution < 1.29 is 9.47 Å². The predicted octanol–water partition coefficient (Wildman–Crippen LogP) is 2.54. The van der Waals surface area contributed by atoms with E-state index >= 15 is 0 Å². The lowest BCUT2D eigenvalue weighted by Gasteiger charge is -2.24. The van der Waals surface area contributed by atoms with Crippen LogP contribution in [0.3, 0.4) is 0 Å². The van der Waals surface area contributed by atoms with Crippen molar-refractivity contribution in [2.75, 3.05) is 39.9 Å². The Kier molecular flexibility index (Phi) is 6.83. The molecule has 21 heavy (non-hydrogen) atoms. The molecule has 118 valence electrons. The Morgan fingerprint density at radius 3 is 2.86 bits per heavy atom. The highest BCUT2D eigenvalue weighted by atomic mass is 16.5. The Morgan fingerprint density at radius 2 is 2.10 bits per heavy atom. The SMILES string of the molecule is CCCC1CN(CCOc2ccccc2OC)CCCN1. The number of nitrogens with zero attached hydrogens (tertiary/aromatic N) is 1. The number of methoxy groups -OCH3 is 1. The Labute approximate surface area is 128 Å². The molecule has 0 bridgehead atoms. The van der Waals surface area contributed by atoms with Crippen molar-refractivity contribution in [3.05, 3.63) is 24.3 Å². The van der Waals surface area contributed by atoms with Crippen LogP contribution in [0.15, 0.2) is 24.3 Å². The fourth-order valence-electron chi connectivity index (χ4n) is 2.84. The predicted molar refractivity (Wildman–Crippen MR) is 86.2 cm³/mol. The van der Waals surface area contributed by atoms with Crippen molar-refractivity contribution in [1.82, 2.24) is 10.2 Å². The van der Waals surface area contributed by atoms with Gasteiger partial charge in [0.25, 0.3) is 0 Å². The van der Waals surface area contributed by atoms with Gasteiger partial charge in [-0.1, -0.05) is 25.5 Å². The normalized spacial score (nSPS) is 20.0. The van der Waals surface area contributed by atoms with E-state index in [0.717, 1.165) is 37.7 Å². The number of ether oxygens (including phenoxy) is 2. The topological polar surface area (TPSA) is 33.7 Å². The van der Waals surface area contributed by atoms with E-state index in [1.165, 1.54) is 19.3 Å². The van der Waals surface area contributed by atoms with E-state index < -0.39 is 0 Å². The van der Waals surface area contributed by atoms with Gasteiger partial charge < -0.3 is 14.8 Å². The molecular formula is C17H28N2O2. The van der Waals surface area contributed by atoms with Gasteiger partial charge in [0.05, 0.1) is 7.11 Å². The van der Waals surface area contributed by atoms with Gasteiger partial charge in [0.1, 0.15) is 6.61 Å². The Bertz CT molecular complexity index is 412. The van der Waals surface area contributed by atoms with Crippen LogP contribution in [0.5, 0.6) is 11.5 Å². The van der Waals surface area contributed by atoms with Crippen LogP contribution in [0.4, 0.5) is 0 Å². The fourth-order valence-corrected chi connectivity index (χ4v) is 2.84. The van der Waals surface area contributed by atoms with Crippen LogP contribution in [0.2, 0.25) is 0 Å². The molecule has 0 radical (unpaired) electrons. The minimum absolute atomic E-state index is 0.628. The Hall–Kier alpha value is -1.26. The molecule has 1 aromatic carbocycles. The third kappa shape index (κ3) is 5.21. The largest absolute Gasteiger partial charge is 0.493 e. The molecule has 4 nitrogen and oxygen atoms in total. The van der Waals surface area contributed by atoms with Crippen molar-refractivity contribution >= 4 is 0 Å². The van der Waals surface area contributed by atoms with Gasteiger partial charge in [-0.15, -0.1) is 0 Å². The highest BCUT2D eigenvalue weighted by Gasteiger charge is 2.16. The lowest BCUT2D eigenvalue weighted by molar-refractivity contribution is 0.200. The minimum Gasteiger partial charge on any atom is -0.493 e. The van der Waals surface area contributed by atoms with Gasteiger partial charge >= 0.3 is 0 Å². The second-order valence-electron chi connectivity index (χ2n) is 5.59. The van der Waals surface area contributed by atoms with Crippen molar-refractivity contribution in [2.45, 2.75) is 32.2 Å². The molecule has 1 unspecified atom stereocenters. The van der Waals surface area contributed by atoms with Crippen LogP contribution in [0.1, 0.15) is 26.2 Å². The molecule has 0 amide bonds. The van der Waals surface area contributed by atoms with Crippen molar-refractivity contribution in [2.24, 2.45) is 0 Å². The summed E-state index contributed by atoms with van der Waals surface area (Å²) in [5.74, 6) is 1.64. The first-order valence-electron chi connectivity index (χ1n) is 8.05. The Morgan fingerprint density at radius 1 is 1.29 bits per heavy atom. The molecule has 1 aromatic rings. The van der Waals surface area contributed by atoms with E-state index in [2.05, 4.69) is 17.1 Å². The summed E-state index contributed by atoms with van der Waals surface area (Å²) in [6, 6.07) is 8.46. The molecular weight excluding hydrogens is 264 g/mol. The minimum atomic E-state index is 0.628. The summed E-state index contributed by atoms with van der Waals surface area (Å²) in [4.78, 5) is 2.51. The van der Waals surface area contributed by atoms with Crippen molar-refractivity contribution in [1.29, 1.82) is 0 Å². The van der Waals surface area contributed by atoms with E-state index in [9.17, 15) is 0 Å². The summed E-state index contributed by atoms with van der Waals surface area (Å²) in [7, 11) is 1.68. The molecule has 1 heterocycles. The maximum absolute atomic E-state index is 5.88. The zero-order valence-electron chi connectivity index (χ0n) is 13.3. The van der Waals surface area contributed by atoms with Gasteiger partial charge in [-0.25, -0.2) is 0 Å². The van der Waals surface area contributed by atoms with E-state index in [0.29, 0.717) is 12.6 Å². The van der Waals surface area contributed by atoms with Gasteiger partial charge in [0.2, 0.25) is 0 Å². The summed E-state index contributed by atoms with van der Waals surface area (Å²) in [6.07, 6.45) is 3.71. The molecule has 1 saturated heterocycles. The zero-order valence-corrected chi connectivity index (χ0v) is 13.3. The summed E-state index contributed by atoms with van der Waals surface area (Å²) in [6.45, 7) is 7.35. The maximum atomic E-state index is 5.88. The van der Waals surface area contributed by atoms with Gasteiger partial charge in [0, 0.05) is 19.1 Å². The average Bonchev–Trinajstić information content (AvgIpc) is 2.73. The highest BCUT2D eigenvalue weighted by Crippen LogP contribution is 2.25. The maximum Gasteiger partial charge on any atom is 0.161 e. The second-order valence-corrected chi connectivity index (χ2v) is 5.59. The summed E-state index contributed by atoms with van der Waals surface area (Å²) >= 11 is 0. The van der Waals surface area contributed by atoms with E-state index in [-0.39, 0.29) is 0 Å². The quantitative estimate of drug-likeness (QED) is 0.837. The van der Waals surface area contributed by atoms with Crippen LogP contribution in [-0.2, 0) is 0 Å². The molecule has 1 aliphatic heterocycles. The average molecular weight is 292 g/mol. The molecule has 0 spiro atoms. The molecule has 0 saturated carbocycles. The molecule has 4 heteroatoms. The van der Waals surface area contributed by atoms with Gasteiger partial charge in [0.15, 0.2) is 11.5 Å². The van der Waals surface area contributed by atoms with Crippen LogP contribution in [0.25, 0.3) is 0 Å². The molecule has 1 N–H and O–H groups in total. The fraction of sp³-hybridized carbons (Fsp3) is 0.647. The molecule has 1 atom stereocenters. The molecule has 2 rings (SSSR count). The lowest BCUT2D eigenvalue weighted by Crippen LogP contribution is -2.39. The lowest BCUT2D eigenvalue weighted by atomic mass is 10.1. The van der Waals surface area contributed by atoms with Gasteiger partial charge in [-0.2, -0.15) is 0 Å².